The van der Waals surface area contributed by atoms with E-state index in [2.05, 4.69) is 49.8 Å². The number of hydrogen-bond donors (Lipinski definition) is 2. The van der Waals surface area contributed by atoms with Gasteiger partial charge < -0.3 is 20.3 Å². The summed E-state index contributed by atoms with van der Waals surface area (Å²) in [5.74, 6) is 1.44. The molecule has 0 radical (unpaired) electrons. The summed E-state index contributed by atoms with van der Waals surface area (Å²) < 4.78 is 5.45. The second-order valence-electron chi connectivity index (χ2n) is 7.67. The number of aromatic nitrogens is 3. The summed E-state index contributed by atoms with van der Waals surface area (Å²) in [6.07, 6.45) is 4.65. The molecule has 5 rings (SSSR count). The Morgan fingerprint density at radius 1 is 1.10 bits per heavy atom. The lowest BCUT2D eigenvalue weighted by Crippen LogP contribution is -2.36. The lowest BCUT2D eigenvalue weighted by Gasteiger charge is -2.28. The highest BCUT2D eigenvalue weighted by Gasteiger charge is 2.16. The van der Waals surface area contributed by atoms with Crippen molar-refractivity contribution < 1.29 is 4.74 Å². The fourth-order valence-electron chi connectivity index (χ4n) is 4.04. The zero-order valence-corrected chi connectivity index (χ0v) is 16.5. The topological polar surface area (TPSA) is 75.2 Å². The van der Waals surface area contributed by atoms with E-state index in [1.165, 1.54) is 12.1 Å². The Bertz CT molecular complexity index is 965. The fourth-order valence-corrected chi connectivity index (χ4v) is 4.04. The van der Waals surface area contributed by atoms with Crippen LogP contribution in [0.2, 0.25) is 0 Å². The molecule has 2 aromatic heterocycles. The SMILES string of the molecule is c1cnc2c(NC[C@@H]3CCNC3)nc(-c3ccc(N4CCOCC4)cc3)cc2n1. The van der Waals surface area contributed by atoms with E-state index in [0.717, 1.165) is 74.0 Å². The molecule has 0 amide bonds. The van der Waals surface area contributed by atoms with E-state index in [1.54, 1.807) is 12.4 Å². The molecular formula is C22H26N6O. The third kappa shape index (κ3) is 4.02. The summed E-state index contributed by atoms with van der Waals surface area (Å²) in [5, 5.41) is 6.94. The molecule has 0 aliphatic carbocycles. The molecule has 0 bridgehead atoms. The Kier molecular flexibility index (Phi) is 5.23. The van der Waals surface area contributed by atoms with Crippen LogP contribution in [0.25, 0.3) is 22.3 Å². The van der Waals surface area contributed by atoms with Crippen molar-refractivity contribution in [1.29, 1.82) is 0 Å². The molecule has 29 heavy (non-hydrogen) atoms. The second-order valence-corrected chi connectivity index (χ2v) is 7.67. The van der Waals surface area contributed by atoms with Crippen molar-refractivity contribution in [3.05, 3.63) is 42.7 Å². The minimum atomic E-state index is 0.625. The Balaban J connectivity index is 1.43. The quantitative estimate of drug-likeness (QED) is 0.693. The minimum Gasteiger partial charge on any atom is -0.378 e. The zero-order chi connectivity index (χ0) is 19.5. The molecule has 2 N–H and O–H groups in total. The van der Waals surface area contributed by atoms with Crippen LogP contribution < -0.4 is 15.5 Å². The number of nitrogens with zero attached hydrogens (tertiary/aromatic N) is 4. The molecule has 7 nitrogen and oxygen atoms in total. The largest absolute Gasteiger partial charge is 0.378 e. The summed E-state index contributed by atoms with van der Waals surface area (Å²) in [4.78, 5) is 16.3. The van der Waals surface area contributed by atoms with E-state index < -0.39 is 0 Å². The summed E-state index contributed by atoms with van der Waals surface area (Å²) in [6.45, 7) is 6.50. The highest BCUT2D eigenvalue weighted by molar-refractivity contribution is 5.88. The zero-order valence-electron chi connectivity index (χ0n) is 16.5. The van der Waals surface area contributed by atoms with E-state index in [4.69, 9.17) is 9.72 Å². The van der Waals surface area contributed by atoms with Gasteiger partial charge >= 0.3 is 0 Å². The standard InChI is InChI=1S/C22H26N6O/c1-3-18(28-9-11-29-12-10-28)4-2-17(1)19-13-20-21(25-8-7-24-20)22(27-19)26-15-16-5-6-23-14-16/h1-4,7-8,13,16,23H,5-6,9-12,14-15H2,(H,26,27)/t16-/m1/s1. The first-order valence-electron chi connectivity index (χ1n) is 10.4. The van der Waals surface area contributed by atoms with Gasteiger partial charge in [0.2, 0.25) is 0 Å². The van der Waals surface area contributed by atoms with Crippen LogP contribution in [0.4, 0.5) is 11.5 Å². The molecule has 4 heterocycles. The monoisotopic (exact) mass is 390 g/mol. The van der Waals surface area contributed by atoms with Crippen LogP contribution in [0.5, 0.6) is 0 Å². The Labute approximate surface area is 170 Å². The van der Waals surface area contributed by atoms with Crippen LogP contribution in [0, 0.1) is 5.92 Å². The Hall–Kier alpha value is -2.77. The van der Waals surface area contributed by atoms with Crippen molar-refractivity contribution in [3.8, 4) is 11.3 Å². The van der Waals surface area contributed by atoms with Gasteiger partial charge in [-0.25, -0.2) is 9.97 Å². The van der Waals surface area contributed by atoms with Crippen molar-refractivity contribution in [1.82, 2.24) is 20.3 Å². The maximum absolute atomic E-state index is 5.45. The molecule has 2 aliphatic heterocycles. The van der Waals surface area contributed by atoms with Crippen LogP contribution in [0.1, 0.15) is 6.42 Å². The van der Waals surface area contributed by atoms with Crippen LogP contribution >= 0.6 is 0 Å². The van der Waals surface area contributed by atoms with Crippen molar-refractivity contribution >= 4 is 22.5 Å². The van der Waals surface area contributed by atoms with Gasteiger partial charge in [-0.05, 0) is 43.6 Å². The number of rotatable bonds is 5. The first kappa shape index (κ1) is 18.3. The fraction of sp³-hybridized carbons (Fsp3) is 0.409. The van der Waals surface area contributed by atoms with Crippen molar-refractivity contribution in [2.45, 2.75) is 6.42 Å². The average molecular weight is 390 g/mol. The minimum absolute atomic E-state index is 0.625. The van der Waals surface area contributed by atoms with E-state index >= 15 is 0 Å². The van der Waals surface area contributed by atoms with Crippen LogP contribution in [-0.2, 0) is 4.74 Å². The molecule has 0 saturated carbocycles. The molecule has 2 saturated heterocycles. The molecule has 2 fully saturated rings. The maximum Gasteiger partial charge on any atom is 0.154 e. The highest BCUT2D eigenvalue weighted by Crippen LogP contribution is 2.27. The van der Waals surface area contributed by atoms with Gasteiger partial charge in [-0.15, -0.1) is 0 Å². The summed E-state index contributed by atoms with van der Waals surface area (Å²) in [6, 6.07) is 10.6. The Morgan fingerprint density at radius 2 is 1.93 bits per heavy atom. The number of nitrogens with one attached hydrogen (secondary N) is 2. The number of benzene rings is 1. The highest BCUT2D eigenvalue weighted by atomic mass is 16.5. The molecule has 7 heteroatoms. The van der Waals surface area contributed by atoms with Crippen LogP contribution in [0.15, 0.2) is 42.7 Å². The Morgan fingerprint density at radius 3 is 2.72 bits per heavy atom. The second kappa shape index (κ2) is 8.31. The van der Waals surface area contributed by atoms with Gasteiger partial charge in [0.25, 0.3) is 0 Å². The molecule has 1 aromatic carbocycles. The summed E-state index contributed by atoms with van der Waals surface area (Å²) >= 11 is 0. The van der Waals surface area contributed by atoms with Gasteiger partial charge in [-0.3, -0.25) is 4.98 Å². The van der Waals surface area contributed by atoms with Gasteiger partial charge in [0.15, 0.2) is 5.82 Å². The summed E-state index contributed by atoms with van der Waals surface area (Å²) in [7, 11) is 0. The molecule has 0 spiro atoms. The molecule has 1 atom stereocenters. The first-order chi connectivity index (χ1) is 14.4. The lowest BCUT2D eigenvalue weighted by molar-refractivity contribution is 0.122. The third-order valence-electron chi connectivity index (χ3n) is 5.72. The molecule has 3 aromatic rings. The smallest absolute Gasteiger partial charge is 0.154 e. The van der Waals surface area contributed by atoms with E-state index in [1.807, 2.05) is 6.07 Å². The number of morpholine rings is 1. The molecule has 150 valence electrons. The van der Waals surface area contributed by atoms with Gasteiger partial charge in [-0.2, -0.15) is 0 Å². The maximum atomic E-state index is 5.45. The predicted octanol–water partition coefficient (Wildman–Crippen LogP) is 2.55. The predicted molar refractivity (Wildman–Crippen MR) is 115 cm³/mol. The van der Waals surface area contributed by atoms with E-state index in [9.17, 15) is 0 Å². The van der Waals surface area contributed by atoms with Gasteiger partial charge in [0.05, 0.1) is 24.4 Å². The number of fused-ring (bicyclic) bond motifs is 1. The first-order valence-corrected chi connectivity index (χ1v) is 10.4. The van der Waals surface area contributed by atoms with Gasteiger partial charge in [0.1, 0.15) is 5.52 Å². The van der Waals surface area contributed by atoms with E-state index in [-0.39, 0.29) is 0 Å². The number of pyridine rings is 1. The number of ether oxygens (including phenoxy) is 1. The van der Waals surface area contributed by atoms with Gasteiger partial charge in [-0.1, -0.05) is 12.1 Å². The average Bonchev–Trinajstić information content (AvgIpc) is 3.32. The van der Waals surface area contributed by atoms with Crippen molar-refractivity contribution in [2.75, 3.05) is 56.2 Å². The molecular weight excluding hydrogens is 364 g/mol. The molecule has 0 unspecified atom stereocenters. The van der Waals surface area contributed by atoms with Crippen LogP contribution in [0.3, 0.4) is 0 Å². The molecule has 2 aliphatic rings. The van der Waals surface area contributed by atoms with Gasteiger partial charge in [0, 0.05) is 43.3 Å². The van der Waals surface area contributed by atoms with E-state index in [0.29, 0.717) is 5.92 Å². The lowest BCUT2D eigenvalue weighted by atomic mass is 10.1. The third-order valence-corrected chi connectivity index (χ3v) is 5.72. The number of anilines is 2. The van der Waals surface area contributed by atoms with Crippen molar-refractivity contribution in [3.63, 3.8) is 0 Å². The van der Waals surface area contributed by atoms with Crippen LogP contribution in [-0.4, -0.2) is 60.9 Å². The van der Waals surface area contributed by atoms with Crippen molar-refractivity contribution in [2.24, 2.45) is 5.92 Å². The number of hydrogen-bond acceptors (Lipinski definition) is 7. The normalized spacial score (nSPS) is 19.6. The summed E-state index contributed by atoms with van der Waals surface area (Å²) in [5.41, 5.74) is 4.91.